The predicted molar refractivity (Wildman–Crippen MR) is 62.5 cm³/mol. The monoisotopic (exact) mass is 208 g/mol. The lowest BCUT2D eigenvalue weighted by Gasteiger charge is -2.28. The normalized spacial score (nSPS) is 52.4. The van der Waals surface area contributed by atoms with E-state index in [4.69, 9.17) is 5.73 Å². The largest absolute Gasteiger partial charge is 0.327 e. The molecule has 0 amide bonds. The van der Waals surface area contributed by atoms with Gasteiger partial charge in [0.15, 0.2) is 0 Å². The minimum atomic E-state index is 0.509. The number of rotatable bonds is 4. The molecule has 3 aliphatic carbocycles. The van der Waals surface area contributed by atoms with Gasteiger partial charge in [-0.3, -0.25) is 0 Å². The average Bonchev–Trinajstić information content (AvgIpc) is 2.72. The molecule has 15 heavy (non-hydrogen) atoms. The van der Waals surface area contributed by atoms with Crippen molar-refractivity contribution in [3.8, 4) is 0 Å². The molecule has 0 saturated heterocycles. The Morgan fingerprint density at radius 2 is 2.00 bits per heavy atom. The molecule has 2 bridgehead atoms. The number of nitrogens with two attached hydrogens (primary N) is 1. The Hall–Kier alpha value is -0.0800. The van der Waals surface area contributed by atoms with Gasteiger partial charge in [-0.15, -0.1) is 0 Å². The molecule has 0 aromatic heterocycles. The molecule has 3 aliphatic rings. The van der Waals surface area contributed by atoms with Crippen LogP contribution < -0.4 is 11.1 Å². The summed E-state index contributed by atoms with van der Waals surface area (Å²) in [6, 6.07) is 1.34. The third-order valence-corrected chi connectivity index (χ3v) is 5.22. The fraction of sp³-hybridized carbons (Fsp3) is 1.00. The third kappa shape index (κ3) is 1.72. The van der Waals surface area contributed by atoms with Crippen molar-refractivity contribution in [3.63, 3.8) is 0 Å². The number of hydrogen-bond donors (Lipinski definition) is 2. The highest BCUT2D eigenvalue weighted by atomic mass is 15.0. The van der Waals surface area contributed by atoms with Crippen molar-refractivity contribution in [2.75, 3.05) is 6.54 Å². The van der Waals surface area contributed by atoms with Gasteiger partial charge in [0.2, 0.25) is 0 Å². The molecular weight excluding hydrogens is 184 g/mol. The molecule has 2 heteroatoms. The summed E-state index contributed by atoms with van der Waals surface area (Å²) in [5, 5.41) is 3.73. The van der Waals surface area contributed by atoms with E-state index in [-0.39, 0.29) is 0 Å². The Kier molecular flexibility index (Phi) is 2.52. The quantitative estimate of drug-likeness (QED) is 0.738. The van der Waals surface area contributed by atoms with Gasteiger partial charge in [-0.2, -0.15) is 0 Å². The van der Waals surface area contributed by atoms with Gasteiger partial charge < -0.3 is 11.1 Å². The summed E-state index contributed by atoms with van der Waals surface area (Å²) in [4.78, 5) is 0. The van der Waals surface area contributed by atoms with Gasteiger partial charge in [-0.25, -0.2) is 0 Å². The van der Waals surface area contributed by atoms with Crippen molar-refractivity contribution in [1.29, 1.82) is 0 Å². The summed E-state index contributed by atoms with van der Waals surface area (Å²) in [6.07, 6.45) is 7.04. The highest BCUT2D eigenvalue weighted by Gasteiger charge is 2.46. The highest BCUT2D eigenvalue weighted by molar-refractivity contribution is 5.01. The Morgan fingerprint density at radius 1 is 1.20 bits per heavy atom. The molecule has 6 atom stereocenters. The summed E-state index contributed by atoms with van der Waals surface area (Å²) < 4.78 is 0. The van der Waals surface area contributed by atoms with Crippen LogP contribution in [0.3, 0.4) is 0 Å². The molecule has 0 spiro atoms. The molecule has 0 radical (unpaired) electrons. The van der Waals surface area contributed by atoms with Gasteiger partial charge >= 0.3 is 0 Å². The van der Waals surface area contributed by atoms with E-state index in [0.717, 1.165) is 29.7 Å². The van der Waals surface area contributed by atoms with E-state index in [1.165, 1.54) is 38.6 Å². The fourth-order valence-electron chi connectivity index (χ4n) is 3.99. The van der Waals surface area contributed by atoms with E-state index < -0.39 is 0 Å². The maximum absolute atomic E-state index is 6.30. The highest BCUT2D eigenvalue weighted by Crippen LogP contribution is 2.47. The predicted octanol–water partition coefficient (Wildman–Crippen LogP) is 1.75. The van der Waals surface area contributed by atoms with Gasteiger partial charge in [0.1, 0.15) is 0 Å². The minimum Gasteiger partial charge on any atom is -0.327 e. The van der Waals surface area contributed by atoms with E-state index >= 15 is 0 Å². The maximum Gasteiger partial charge on any atom is 0.0110 e. The van der Waals surface area contributed by atoms with Crippen molar-refractivity contribution in [2.45, 2.75) is 51.1 Å². The number of hydrogen-bond acceptors (Lipinski definition) is 2. The zero-order valence-electron chi connectivity index (χ0n) is 9.78. The second-order valence-corrected chi connectivity index (χ2v) is 5.99. The van der Waals surface area contributed by atoms with Crippen LogP contribution in [0.25, 0.3) is 0 Å². The lowest BCUT2D eigenvalue weighted by molar-refractivity contribution is 0.276. The van der Waals surface area contributed by atoms with Crippen molar-refractivity contribution in [1.82, 2.24) is 5.32 Å². The van der Waals surface area contributed by atoms with Crippen LogP contribution in [0.2, 0.25) is 0 Å². The Morgan fingerprint density at radius 3 is 2.60 bits per heavy atom. The van der Waals surface area contributed by atoms with Gasteiger partial charge in [-0.05, 0) is 55.9 Å². The SMILES string of the molecule is CCC1CC1NCC1C2CCC(C2)C1N. The van der Waals surface area contributed by atoms with Crippen molar-refractivity contribution in [2.24, 2.45) is 29.4 Å². The summed E-state index contributed by atoms with van der Waals surface area (Å²) in [6.45, 7) is 3.50. The molecule has 0 heterocycles. The van der Waals surface area contributed by atoms with E-state index in [0.29, 0.717) is 6.04 Å². The van der Waals surface area contributed by atoms with Crippen LogP contribution in [0.1, 0.15) is 39.0 Å². The zero-order chi connectivity index (χ0) is 10.4. The first-order valence-electron chi connectivity index (χ1n) is 6.78. The molecule has 3 saturated carbocycles. The molecule has 0 aromatic carbocycles. The molecule has 3 fully saturated rings. The van der Waals surface area contributed by atoms with Crippen molar-refractivity contribution in [3.05, 3.63) is 0 Å². The van der Waals surface area contributed by atoms with Gasteiger partial charge in [0, 0.05) is 12.1 Å². The Balaban J connectivity index is 1.48. The van der Waals surface area contributed by atoms with E-state index in [1.54, 1.807) is 0 Å². The Bertz CT molecular complexity index is 239. The van der Waals surface area contributed by atoms with Crippen molar-refractivity contribution >= 4 is 0 Å². The number of fused-ring (bicyclic) bond motifs is 2. The summed E-state index contributed by atoms with van der Waals surface area (Å²) in [7, 11) is 0. The van der Waals surface area contributed by atoms with Crippen LogP contribution in [-0.2, 0) is 0 Å². The lowest BCUT2D eigenvalue weighted by atomic mass is 9.85. The summed E-state index contributed by atoms with van der Waals surface area (Å²) in [5.74, 6) is 3.58. The van der Waals surface area contributed by atoms with Crippen molar-refractivity contribution < 1.29 is 0 Å². The van der Waals surface area contributed by atoms with E-state index in [9.17, 15) is 0 Å². The number of nitrogens with one attached hydrogen (secondary N) is 1. The molecule has 3 N–H and O–H groups in total. The molecule has 0 aromatic rings. The lowest BCUT2D eigenvalue weighted by Crippen LogP contribution is -2.42. The molecule has 86 valence electrons. The summed E-state index contributed by atoms with van der Waals surface area (Å²) >= 11 is 0. The van der Waals surface area contributed by atoms with Crippen LogP contribution in [0.4, 0.5) is 0 Å². The zero-order valence-corrected chi connectivity index (χ0v) is 9.78. The molecular formula is C13H24N2. The maximum atomic E-state index is 6.30. The molecule has 6 unspecified atom stereocenters. The molecule has 3 rings (SSSR count). The second kappa shape index (κ2) is 3.74. The molecule has 0 aliphatic heterocycles. The van der Waals surface area contributed by atoms with E-state index in [2.05, 4.69) is 12.2 Å². The van der Waals surface area contributed by atoms with Gasteiger partial charge in [-0.1, -0.05) is 13.3 Å². The smallest absolute Gasteiger partial charge is 0.0110 e. The van der Waals surface area contributed by atoms with Crippen LogP contribution in [0.15, 0.2) is 0 Å². The third-order valence-electron chi connectivity index (χ3n) is 5.22. The van der Waals surface area contributed by atoms with Gasteiger partial charge in [0.25, 0.3) is 0 Å². The summed E-state index contributed by atoms with van der Waals surface area (Å²) in [5.41, 5.74) is 6.30. The average molecular weight is 208 g/mol. The Labute approximate surface area is 93.0 Å². The van der Waals surface area contributed by atoms with Crippen LogP contribution in [0.5, 0.6) is 0 Å². The fourth-order valence-corrected chi connectivity index (χ4v) is 3.99. The van der Waals surface area contributed by atoms with Gasteiger partial charge in [0.05, 0.1) is 0 Å². The standard InChI is InChI=1S/C13H24N2/c1-2-8-6-12(8)15-7-11-9-3-4-10(5-9)13(11)14/h8-13,15H,2-7,14H2,1H3. The minimum absolute atomic E-state index is 0.509. The first kappa shape index (κ1) is 10.1. The second-order valence-electron chi connectivity index (χ2n) is 5.99. The van der Waals surface area contributed by atoms with Crippen LogP contribution >= 0.6 is 0 Å². The molecule has 2 nitrogen and oxygen atoms in total. The van der Waals surface area contributed by atoms with E-state index in [1.807, 2.05) is 0 Å². The first-order valence-corrected chi connectivity index (χ1v) is 6.78. The first-order chi connectivity index (χ1) is 7.29. The van der Waals surface area contributed by atoms with Crippen LogP contribution in [-0.4, -0.2) is 18.6 Å². The van der Waals surface area contributed by atoms with Crippen LogP contribution in [0, 0.1) is 23.7 Å². The topological polar surface area (TPSA) is 38.0 Å².